The fourth-order valence-corrected chi connectivity index (χ4v) is 5.25. The predicted molar refractivity (Wildman–Crippen MR) is 105 cm³/mol. The van der Waals surface area contributed by atoms with E-state index >= 15 is 0 Å². The van der Waals surface area contributed by atoms with E-state index in [-0.39, 0.29) is 5.69 Å². The van der Waals surface area contributed by atoms with E-state index in [1.54, 1.807) is 31.5 Å². The first-order valence-corrected chi connectivity index (χ1v) is 10.5. The van der Waals surface area contributed by atoms with Crippen LogP contribution in [0.3, 0.4) is 0 Å². The number of aromatic nitrogens is 2. The molecule has 1 aromatic heterocycles. The van der Waals surface area contributed by atoms with Gasteiger partial charge in [0.05, 0.1) is 16.5 Å². The average Bonchev–Trinajstić information content (AvgIpc) is 2.91. The van der Waals surface area contributed by atoms with E-state index in [0.717, 1.165) is 11.1 Å². The normalized spacial score (nSPS) is 16.4. The molecule has 1 saturated heterocycles. The lowest BCUT2D eigenvalue weighted by Gasteiger charge is -2.34. The Morgan fingerprint density at radius 2 is 1.75 bits per heavy atom. The van der Waals surface area contributed by atoms with Gasteiger partial charge in [-0.2, -0.15) is 9.40 Å². The fraction of sp³-hybridized carbons (Fsp3) is 0.500. The maximum atomic E-state index is 13.0. The van der Waals surface area contributed by atoms with E-state index in [2.05, 4.69) is 10.00 Å². The third-order valence-electron chi connectivity index (χ3n) is 5.15. The molecule has 0 amide bonds. The van der Waals surface area contributed by atoms with Crippen LogP contribution in [0.4, 0.5) is 5.69 Å². The molecule has 9 nitrogen and oxygen atoms in total. The van der Waals surface area contributed by atoms with E-state index in [4.69, 9.17) is 0 Å². The van der Waals surface area contributed by atoms with Gasteiger partial charge in [-0.15, -0.1) is 0 Å². The van der Waals surface area contributed by atoms with E-state index in [1.165, 1.54) is 4.31 Å². The number of hydrogen-bond donors (Lipinski definition) is 0. The van der Waals surface area contributed by atoms with Crippen LogP contribution in [0.1, 0.15) is 22.5 Å². The van der Waals surface area contributed by atoms with E-state index < -0.39 is 14.9 Å². The van der Waals surface area contributed by atoms with Gasteiger partial charge < -0.3 is 0 Å². The second-order valence-corrected chi connectivity index (χ2v) is 9.11. The Bertz CT molecular complexity index is 1010. The van der Waals surface area contributed by atoms with Gasteiger partial charge in [0.1, 0.15) is 11.4 Å². The van der Waals surface area contributed by atoms with Crippen molar-refractivity contribution >= 4 is 15.7 Å². The number of nitrogens with zero attached hydrogens (tertiary/aromatic N) is 5. The summed E-state index contributed by atoms with van der Waals surface area (Å²) in [6.45, 7) is 9.20. The molecule has 1 aliphatic heterocycles. The number of benzene rings is 1. The highest BCUT2D eigenvalue weighted by molar-refractivity contribution is 7.89. The summed E-state index contributed by atoms with van der Waals surface area (Å²) in [5, 5.41) is 15.4. The summed E-state index contributed by atoms with van der Waals surface area (Å²) >= 11 is 0. The molecule has 1 fully saturated rings. The zero-order valence-corrected chi connectivity index (χ0v) is 17.4. The van der Waals surface area contributed by atoms with E-state index in [9.17, 15) is 18.5 Å². The highest BCUT2D eigenvalue weighted by atomic mass is 32.2. The largest absolute Gasteiger partial charge is 0.312 e. The maximum absolute atomic E-state index is 13.0. The van der Waals surface area contributed by atoms with Gasteiger partial charge in [0.15, 0.2) is 0 Å². The van der Waals surface area contributed by atoms with Crippen LogP contribution < -0.4 is 0 Å². The van der Waals surface area contributed by atoms with Crippen molar-refractivity contribution in [1.82, 2.24) is 19.0 Å². The van der Waals surface area contributed by atoms with Crippen molar-refractivity contribution in [3.63, 3.8) is 0 Å². The molecule has 0 bridgehead atoms. The Labute approximate surface area is 164 Å². The highest BCUT2D eigenvalue weighted by Gasteiger charge is 2.30. The van der Waals surface area contributed by atoms with Gasteiger partial charge in [-0.1, -0.05) is 12.1 Å². The van der Waals surface area contributed by atoms with Crippen LogP contribution in [0.2, 0.25) is 0 Å². The third kappa shape index (κ3) is 3.80. The average molecular weight is 407 g/mol. The number of hydrogen-bond acceptors (Lipinski definition) is 6. The minimum Gasteiger partial charge on any atom is -0.282 e. The predicted octanol–water partition coefficient (Wildman–Crippen LogP) is 1.99. The van der Waals surface area contributed by atoms with Crippen LogP contribution in [0.15, 0.2) is 23.1 Å². The van der Waals surface area contributed by atoms with Gasteiger partial charge >= 0.3 is 5.69 Å². The van der Waals surface area contributed by atoms with Gasteiger partial charge in [-0.05, 0) is 44.9 Å². The molecular weight excluding hydrogens is 382 g/mol. The number of piperazine rings is 1. The molecule has 28 heavy (non-hydrogen) atoms. The van der Waals surface area contributed by atoms with E-state index in [1.807, 2.05) is 19.1 Å². The quantitative estimate of drug-likeness (QED) is 0.555. The van der Waals surface area contributed by atoms with Gasteiger partial charge in [0, 0.05) is 26.2 Å². The summed E-state index contributed by atoms with van der Waals surface area (Å²) in [6, 6.07) is 5.44. The Kier molecular flexibility index (Phi) is 5.55. The molecule has 0 unspecified atom stereocenters. The van der Waals surface area contributed by atoms with E-state index in [0.29, 0.717) is 49.1 Å². The van der Waals surface area contributed by atoms with Crippen LogP contribution in [-0.4, -0.2) is 58.5 Å². The first kappa shape index (κ1) is 20.4. The molecular formula is C18H25N5O4S. The molecule has 0 N–H and O–H groups in total. The maximum Gasteiger partial charge on any atom is 0.312 e. The van der Waals surface area contributed by atoms with Crippen molar-refractivity contribution in [3.8, 4) is 0 Å². The molecule has 2 heterocycles. The lowest BCUT2D eigenvalue weighted by Crippen LogP contribution is -2.49. The molecule has 0 aliphatic carbocycles. The smallest absolute Gasteiger partial charge is 0.282 e. The van der Waals surface area contributed by atoms with Crippen molar-refractivity contribution < 1.29 is 13.3 Å². The molecule has 3 rings (SSSR count). The molecule has 2 aromatic rings. The summed E-state index contributed by atoms with van der Waals surface area (Å²) in [6.07, 6.45) is 0. The first-order chi connectivity index (χ1) is 13.1. The van der Waals surface area contributed by atoms with Crippen LogP contribution in [0.5, 0.6) is 0 Å². The van der Waals surface area contributed by atoms with Crippen molar-refractivity contribution in [1.29, 1.82) is 0 Å². The topological polar surface area (TPSA) is 102 Å². The Balaban J connectivity index is 1.70. The van der Waals surface area contributed by atoms with Gasteiger partial charge in [0.2, 0.25) is 10.0 Å². The molecule has 0 atom stereocenters. The molecule has 1 aliphatic rings. The van der Waals surface area contributed by atoms with Crippen molar-refractivity contribution in [2.75, 3.05) is 26.2 Å². The minimum atomic E-state index is -3.54. The monoisotopic (exact) mass is 407 g/mol. The van der Waals surface area contributed by atoms with Gasteiger partial charge in [-0.3, -0.25) is 15.0 Å². The van der Waals surface area contributed by atoms with Gasteiger partial charge in [0.25, 0.3) is 0 Å². The van der Waals surface area contributed by atoms with Gasteiger partial charge in [-0.25, -0.2) is 13.1 Å². The molecule has 1 aromatic carbocycles. The number of rotatable bonds is 5. The van der Waals surface area contributed by atoms with Crippen molar-refractivity contribution in [2.45, 2.75) is 39.3 Å². The molecule has 0 saturated carbocycles. The number of sulfonamides is 1. The molecule has 0 spiro atoms. The second-order valence-electron chi connectivity index (χ2n) is 7.21. The molecule has 0 radical (unpaired) electrons. The highest BCUT2D eigenvalue weighted by Crippen LogP contribution is 2.24. The lowest BCUT2D eigenvalue weighted by atomic mass is 10.2. The summed E-state index contributed by atoms with van der Waals surface area (Å²) in [5.74, 6) is 0. The van der Waals surface area contributed by atoms with Crippen LogP contribution in [0, 0.1) is 37.8 Å². The summed E-state index contributed by atoms with van der Waals surface area (Å²) in [4.78, 5) is 13.1. The van der Waals surface area contributed by atoms with Crippen LogP contribution in [0.25, 0.3) is 0 Å². The van der Waals surface area contributed by atoms with Crippen LogP contribution in [-0.2, 0) is 16.7 Å². The summed E-state index contributed by atoms with van der Waals surface area (Å²) < 4.78 is 29.2. The zero-order valence-electron chi connectivity index (χ0n) is 16.5. The number of aryl methyl sites for hydroxylation is 3. The molecule has 152 valence electrons. The zero-order chi connectivity index (χ0) is 20.6. The fourth-order valence-electron chi connectivity index (χ4n) is 3.51. The third-order valence-corrected chi connectivity index (χ3v) is 7.19. The summed E-state index contributed by atoms with van der Waals surface area (Å²) in [5.41, 5.74) is 2.58. The first-order valence-electron chi connectivity index (χ1n) is 9.09. The van der Waals surface area contributed by atoms with Crippen LogP contribution >= 0.6 is 0 Å². The Hall–Kier alpha value is -2.30. The SMILES string of the molecule is Cc1ccc(C)c(S(=O)(=O)N2CCN(Cn3nc(C)c([N+](=O)[O-])c3C)CC2)c1. The van der Waals surface area contributed by atoms with Crippen molar-refractivity contribution in [2.24, 2.45) is 0 Å². The minimum absolute atomic E-state index is 0.0381. The standard InChI is InChI=1S/C18H25N5O4S/c1-13-5-6-14(2)17(11-13)28(26,27)21-9-7-20(8-10-21)12-22-16(4)18(23(24)25)15(3)19-22/h5-6,11H,7-10,12H2,1-4H3. The lowest BCUT2D eigenvalue weighted by molar-refractivity contribution is -0.386. The summed E-state index contributed by atoms with van der Waals surface area (Å²) in [7, 11) is -3.54. The Morgan fingerprint density at radius 3 is 2.32 bits per heavy atom. The molecule has 10 heteroatoms. The van der Waals surface area contributed by atoms with Crippen molar-refractivity contribution in [3.05, 3.63) is 50.8 Å². The number of nitro groups is 1. The Morgan fingerprint density at radius 1 is 1.11 bits per heavy atom. The second kappa shape index (κ2) is 7.61.